The summed E-state index contributed by atoms with van der Waals surface area (Å²) in [6.45, 7) is 0.340. The maximum atomic E-state index is 12.1. The van der Waals surface area contributed by atoms with Crippen LogP contribution in [0.4, 0.5) is 5.69 Å². The van der Waals surface area contributed by atoms with Crippen LogP contribution < -0.4 is 11.3 Å². The second kappa shape index (κ2) is 5.11. The quantitative estimate of drug-likeness (QED) is 0.493. The van der Waals surface area contributed by atoms with Gasteiger partial charge in [-0.3, -0.25) is 10.6 Å². The van der Waals surface area contributed by atoms with E-state index < -0.39 is 0 Å². The Morgan fingerprint density at radius 3 is 2.82 bits per heavy atom. The van der Waals surface area contributed by atoms with Gasteiger partial charge < -0.3 is 15.4 Å². The lowest BCUT2D eigenvalue weighted by atomic mass is 10.3. The molecule has 1 amide bonds. The highest BCUT2D eigenvalue weighted by atomic mass is 16.3. The van der Waals surface area contributed by atoms with Gasteiger partial charge in [0.1, 0.15) is 5.69 Å². The normalized spacial score (nSPS) is 14.5. The van der Waals surface area contributed by atoms with Gasteiger partial charge in [-0.1, -0.05) is 0 Å². The molecule has 1 aromatic rings. The lowest BCUT2D eigenvalue weighted by Gasteiger charge is -2.20. The number of amides is 1. The Kier molecular flexibility index (Phi) is 3.55. The Morgan fingerprint density at radius 1 is 1.59 bits per heavy atom. The Bertz CT molecular complexity index is 389. The van der Waals surface area contributed by atoms with Crippen molar-refractivity contribution in [3.63, 3.8) is 0 Å². The number of nitrogens with zero attached hydrogens (tertiary/aromatic N) is 2. The molecule has 4 N–H and O–H groups in total. The smallest absolute Gasteiger partial charge is 0.272 e. The maximum absolute atomic E-state index is 12.1. The van der Waals surface area contributed by atoms with E-state index in [0.717, 1.165) is 12.8 Å². The zero-order valence-corrected chi connectivity index (χ0v) is 9.47. The molecule has 0 aromatic carbocycles. The largest absolute Gasteiger partial charge is 0.395 e. The van der Waals surface area contributed by atoms with Crippen molar-refractivity contribution in [2.75, 3.05) is 18.6 Å². The molecule has 0 aliphatic heterocycles. The van der Waals surface area contributed by atoms with Crippen molar-refractivity contribution in [2.24, 2.45) is 5.84 Å². The Hall–Kier alpha value is -1.66. The molecule has 1 aliphatic rings. The van der Waals surface area contributed by atoms with Crippen molar-refractivity contribution in [1.82, 2.24) is 9.88 Å². The van der Waals surface area contributed by atoms with Crippen LogP contribution >= 0.6 is 0 Å². The predicted octanol–water partition coefficient (Wildman–Crippen LogP) is -0.0359. The summed E-state index contributed by atoms with van der Waals surface area (Å²) in [7, 11) is 0. The van der Waals surface area contributed by atoms with E-state index in [1.165, 1.54) is 6.20 Å². The third-order valence-corrected chi connectivity index (χ3v) is 2.74. The Labute approximate surface area is 99.4 Å². The number of aliphatic hydroxyl groups excluding tert-OH is 1. The summed E-state index contributed by atoms with van der Waals surface area (Å²) in [5.41, 5.74) is 3.49. The third-order valence-electron chi connectivity index (χ3n) is 2.74. The molecule has 1 heterocycles. The molecule has 6 nitrogen and oxygen atoms in total. The molecule has 1 aliphatic carbocycles. The second-order valence-corrected chi connectivity index (χ2v) is 4.03. The van der Waals surface area contributed by atoms with Crippen LogP contribution in [0.2, 0.25) is 0 Å². The van der Waals surface area contributed by atoms with E-state index in [0.29, 0.717) is 17.9 Å². The number of carbonyl (C=O) groups excluding carboxylic acids is 1. The van der Waals surface area contributed by atoms with E-state index in [9.17, 15) is 4.79 Å². The summed E-state index contributed by atoms with van der Waals surface area (Å²) in [6.07, 6.45) is 3.53. The molecule has 0 saturated heterocycles. The van der Waals surface area contributed by atoms with Gasteiger partial charge in [0.25, 0.3) is 5.91 Å². The van der Waals surface area contributed by atoms with Crippen LogP contribution in [0.5, 0.6) is 0 Å². The number of aliphatic hydroxyl groups is 1. The molecular weight excluding hydrogens is 220 g/mol. The van der Waals surface area contributed by atoms with Crippen molar-refractivity contribution in [3.8, 4) is 0 Å². The van der Waals surface area contributed by atoms with E-state index in [4.69, 9.17) is 10.9 Å². The first-order valence-corrected chi connectivity index (χ1v) is 5.60. The monoisotopic (exact) mass is 236 g/mol. The molecule has 6 heteroatoms. The molecular formula is C11H16N4O2. The number of hydrazine groups is 1. The lowest BCUT2D eigenvalue weighted by Crippen LogP contribution is -2.36. The molecule has 1 saturated carbocycles. The topological polar surface area (TPSA) is 91.5 Å². The van der Waals surface area contributed by atoms with Gasteiger partial charge >= 0.3 is 0 Å². The minimum Gasteiger partial charge on any atom is -0.395 e. The highest BCUT2D eigenvalue weighted by Gasteiger charge is 2.32. The lowest BCUT2D eigenvalue weighted by molar-refractivity contribution is 0.0702. The summed E-state index contributed by atoms with van der Waals surface area (Å²) >= 11 is 0. The van der Waals surface area contributed by atoms with Gasteiger partial charge in [0.15, 0.2) is 0 Å². The molecule has 2 rings (SSSR count). The fraction of sp³-hybridized carbons (Fsp3) is 0.455. The van der Waals surface area contributed by atoms with Crippen LogP contribution in [0.15, 0.2) is 18.3 Å². The summed E-state index contributed by atoms with van der Waals surface area (Å²) < 4.78 is 0. The van der Waals surface area contributed by atoms with Crippen molar-refractivity contribution >= 4 is 11.6 Å². The number of nitrogen functional groups attached to an aromatic ring is 1. The number of nitrogens with one attached hydrogen (secondary N) is 1. The van der Waals surface area contributed by atoms with Crippen LogP contribution in [0, 0.1) is 0 Å². The number of carbonyl (C=O) groups is 1. The number of rotatable bonds is 5. The molecule has 0 radical (unpaired) electrons. The summed E-state index contributed by atoms with van der Waals surface area (Å²) in [5.74, 6) is 5.09. The van der Waals surface area contributed by atoms with Crippen LogP contribution in [0.25, 0.3) is 0 Å². The van der Waals surface area contributed by atoms with Crippen molar-refractivity contribution in [3.05, 3.63) is 24.0 Å². The van der Waals surface area contributed by atoms with Crippen LogP contribution in [-0.4, -0.2) is 40.1 Å². The fourth-order valence-corrected chi connectivity index (χ4v) is 1.70. The van der Waals surface area contributed by atoms with E-state index in [1.807, 2.05) is 0 Å². The number of anilines is 1. The summed E-state index contributed by atoms with van der Waals surface area (Å²) in [6, 6.07) is 3.60. The average molecular weight is 236 g/mol. The van der Waals surface area contributed by atoms with E-state index in [1.54, 1.807) is 17.0 Å². The fourth-order valence-electron chi connectivity index (χ4n) is 1.70. The molecule has 0 bridgehead atoms. The first-order valence-electron chi connectivity index (χ1n) is 5.60. The maximum Gasteiger partial charge on any atom is 0.272 e. The van der Waals surface area contributed by atoms with Crippen LogP contribution in [-0.2, 0) is 0 Å². The number of hydrogen-bond acceptors (Lipinski definition) is 5. The van der Waals surface area contributed by atoms with Gasteiger partial charge in [0, 0.05) is 12.6 Å². The summed E-state index contributed by atoms with van der Waals surface area (Å²) in [5, 5.41) is 8.95. The molecule has 92 valence electrons. The van der Waals surface area contributed by atoms with Gasteiger partial charge in [0.2, 0.25) is 0 Å². The van der Waals surface area contributed by atoms with Gasteiger partial charge in [0.05, 0.1) is 18.5 Å². The minimum atomic E-state index is -0.134. The molecule has 1 aromatic heterocycles. The molecule has 17 heavy (non-hydrogen) atoms. The Morgan fingerprint density at radius 2 is 2.35 bits per heavy atom. The molecule has 0 spiro atoms. The standard InChI is InChI=1S/C11H16N4O2/c12-14-8-1-4-10(13-7-8)11(17)15(5-6-16)9-2-3-9/h1,4,7,9,14,16H,2-3,5-6,12H2. The summed E-state index contributed by atoms with van der Waals surface area (Å²) in [4.78, 5) is 17.8. The van der Waals surface area contributed by atoms with Gasteiger partial charge in [-0.15, -0.1) is 0 Å². The van der Waals surface area contributed by atoms with Gasteiger partial charge in [-0.05, 0) is 25.0 Å². The molecule has 0 unspecified atom stereocenters. The molecule has 0 atom stereocenters. The zero-order chi connectivity index (χ0) is 12.3. The average Bonchev–Trinajstić information content (AvgIpc) is 3.19. The number of aromatic nitrogens is 1. The number of hydrogen-bond donors (Lipinski definition) is 3. The Balaban J connectivity index is 2.10. The minimum absolute atomic E-state index is 0.0231. The van der Waals surface area contributed by atoms with Crippen molar-refractivity contribution in [2.45, 2.75) is 18.9 Å². The second-order valence-electron chi connectivity index (χ2n) is 4.03. The zero-order valence-electron chi connectivity index (χ0n) is 9.47. The number of nitrogens with two attached hydrogens (primary N) is 1. The highest BCUT2D eigenvalue weighted by Crippen LogP contribution is 2.27. The van der Waals surface area contributed by atoms with Gasteiger partial charge in [-0.2, -0.15) is 0 Å². The third kappa shape index (κ3) is 2.72. The molecule has 1 fully saturated rings. The van der Waals surface area contributed by atoms with Crippen molar-refractivity contribution < 1.29 is 9.90 Å². The van der Waals surface area contributed by atoms with E-state index in [-0.39, 0.29) is 18.6 Å². The van der Waals surface area contributed by atoms with Crippen molar-refractivity contribution in [1.29, 1.82) is 0 Å². The highest BCUT2D eigenvalue weighted by molar-refractivity contribution is 5.92. The van der Waals surface area contributed by atoms with E-state index in [2.05, 4.69) is 10.4 Å². The van der Waals surface area contributed by atoms with Gasteiger partial charge in [-0.25, -0.2) is 4.98 Å². The van der Waals surface area contributed by atoms with Crippen LogP contribution in [0.3, 0.4) is 0 Å². The predicted molar refractivity (Wildman–Crippen MR) is 63.2 cm³/mol. The SMILES string of the molecule is NNc1ccc(C(=O)N(CCO)C2CC2)nc1. The van der Waals surface area contributed by atoms with E-state index >= 15 is 0 Å². The first-order chi connectivity index (χ1) is 8.26. The first kappa shape index (κ1) is 11.8. The van der Waals surface area contributed by atoms with Crippen LogP contribution in [0.1, 0.15) is 23.3 Å². The number of pyridine rings is 1.